The van der Waals surface area contributed by atoms with Crippen LogP contribution < -0.4 is 5.73 Å². The van der Waals surface area contributed by atoms with Crippen molar-refractivity contribution in [1.82, 2.24) is 4.98 Å². The van der Waals surface area contributed by atoms with Crippen molar-refractivity contribution in [2.45, 2.75) is 11.8 Å². The van der Waals surface area contributed by atoms with Crippen molar-refractivity contribution in [1.29, 1.82) is 0 Å². The zero-order valence-electron chi connectivity index (χ0n) is 8.43. The average molecular weight is 211 g/mol. The summed E-state index contributed by atoms with van der Waals surface area (Å²) in [5.41, 5.74) is 4.27. The van der Waals surface area contributed by atoms with Crippen molar-refractivity contribution in [2.24, 2.45) is 0 Å². The molecule has 1 saturated heterocycles. The number of rotatable bonds is 2. The minimum absolute atomic E-state index is 0.0317. The van der Waals surface area contributed by atoms with Gasteiger partial charge in [-0.3, -0.25) is 4.98 Å². The highest BCUT2D eigenvalue weighted by atomic mass is 16.7. The molecular formula is C10H15N2O3+. The van der Waals surface area contributed by atoms with Crippen LogP contribution in [0.3, 0.4) is 0 Å². The number of aromatic nitrogens is 1. The number of pyridine rings is 1. The molecule has 0 spiro atoms. The normalized spacial score (nSPS) is 31.5. The molecule has 82 valence electrons. The topological polar surface area (TPSA) is 79.2 Å². The number of ether oxygens (including phenoxy) is 2. The van der Waals surface area contributed by atoms with E-state index in [0.717, 1.165) is 5.56 Å². The smallest absolute Gasteiger partial charge is 0.184 e. The van der Waals surface area contributed by atoms with Crippen molar-refractivity contribution in [3.05, 3.63) is 30.1 Å². The minimum atomic E-state index is -0.524. The number of quaternary nitrogens is 1. The van der Waals surface area contributed by atoms with Gasteiger partial charge in [0.1, 0.15) is 19.8 Å². The van der Waals surface area contributed by atoms with Crippen LogP contribution in [0.4, 0.5) is 0 Å². The maximum absolute atomic E-state index is 9.07. The van der Waals surface area contributed by atoms with Gasteiger partial charge >= 0.3 is 0 Å². The molecule has 1 fully saturated rings. The molecule has 0 atom stereocenters. The lowest BCUT2D eigenvalue weighted by atomic mass is 10.0. The third-order valence-electron chi connectivity index (χ3n) is 2.40. The molecule has 1 aliphatic rings. The van der Waals surface area contributed by atoms with Crippen molar-refractivity contribution >= 4 is 0 Å². The molecule has 1 aromatic rings. The Bertz CT molecular complexity index is 310. The van der Waals surface area contributed by atoms with E-state index in [1.54, 1.807) is 12.4 Å². The van der Waals surface area contributed by atoms with E-state index in [1.165, 1.54) is 0 Å². The molecule has 4 N–H and O–H groups in total. The number of aliphatic hydroxyl groups excluding tert-OH is 1. The summed E-state index contributed by atoms with van der Waals surface area (Å²) in [5, 5.41) is 9.07. The van der Waals surface area contributed by atoms with Crippen molar-refractivity contribution < 1.29 is 20.3 Å². The lowest BCUT2D eigenvalue weighted by Gasteiger charge is -2.33. The van der Waals surface area contributed by atoms with E-state index in [9.17, 15) is 0 Å². The maximum atomic E-state index is 9.07. The first kappa shape index (κ1) is 10.5. The SMILES string of the molecule is [NH3+]C1(CO)COC(c2ccncc2)OC1. The van der Waals surface area contributed by atoms with Crippen LogP contribution in [0.5, 0.6) is 0 Å². The third kappa shape index (κ3) is 2.32. The summed E-state index contributed by atoms with van der Waals surface area (Å²) in [7, 11) is 0. The van der Waals surface area contributed by atoms with E-state index in [1.807, 2.05) is 12.1 Å². The lowest BCUT2D eigenvalue weighted by molar-refractivity contribution is -0.518. The minimum Gasteiger partial charge on any atom is -0.390 e. The van der Waals surface area contributed by atoms with Gasteiger partial charge in [0.15, 0.2) is 11.8 Å². The fraction of sp³-hybridized carbons (Fsp3) is 0.500. The zero-order chi connectivity index (χ0) is 10.7. The van der Waals surface area contributed by atoms with Crippen LogP contribution >= 0.6 is 0 Å². The number of hydrogen-bond donors (Lipinski definition) is 2. The van der Waals surface area contributed by atoms with Gasteiger partial charge in [0.25, 0.3) is 0 Å². The number of aliphatic hydroxyl groups is 1. The van der Waals surface area contributed by atoms with Crippen molar-refractivity contribution in [3.8, 4) is 0 Å². The van der Waals surface area contributed by atoms with Gasteiger partial charge in [-0.25, -0.2) is 0 Å². The third-order valence-corrected chi connectivity index (χ3v) is 2.40. The summed E-state index contributed by atoms with van der Waals surface area (Å²) in [6, 6.07) is 3.69. The molecule has 0 amide bonds. The molecule has 0 unspecified atom stereocenters. The van der Waals surface area contributed by atoms with Gasteiger partial charge in [-0.1, -0.05) is 0 Å². The van der Waals surface area contributed by atoms with Crippen LogP contribution in [0.1, 0.15) is 11.9 Å². The highest BCUT2D eigenvalue weighted by Gasteiger charge is 2.36. The van der Waals surface area contributed by atoms with Crippen LogP contribution in [0, 0.1) is 0 Å². The summed E-state index contributed by atoms with van der Waals surface area (Å²) in [4.78, 5) is 3.92. The van der Waals surface area contributed by atoms with Gasteiger partial charge < -0.3 is 20.3 Å². The molecule has 2 rings (SSSR count). The van der Waals surface area contributed by atoms with Gasteiger partial charge in [0, 0.05) is 18.0 Å². The Morgan fingerprint density at radius 3 is 2.53 bits per heavy atom. The molecule has 2 heterocycles. The largest absolute Gasteiger partial charge is 0.390 e. The van der Waals surface area contributed by atoms with Crippen LogP contribution in [0.25, 0.3) is 0 Å². The van der Waals surface area contributed by atoms with Crippen molar-refractivity contribution in [2.75, 3.05) is 19.8 Å². The highest BCUT2D eigenvalue weighted by molar-refractivity contribution is 5.11. The maximum Gasteiger partial charge on any atom is 0.184 e. The summed E-state index contributed by atoms with van der Waals surface area (Å²) >= 11 is 0. The highest BCUT2D eigenvalue weighted by Crippen LogP contribution is 2.24. The molecule has 0 aliphatic carbocycles. The van der Waals surface area contributed by atoms with E-state index >= 15 is 0 Å². The molecule has 1 aliphatic heterocycles. The Morgan fingerprint density at radius 2 is 2.00 bits per heavy atom. The van der Waals surface area contributed by atoms with Gasteiger partial charge in [-0.15, -0.1) is 0 Å². The average Bonchev–Trinajstić information content (AvgIpc) is 2.31. The summed E-state index contributed by atoms with van der Waals surface area (Å²) in [6.07, 6.45) is 3.02. The monoisotopic (exact) mass is 211 g/mol. The molecule has 1 aromatic heterocycles. The van der Waals surface area contributed by atoms with Crippen LogP contribution in [-0.4, -0.2) is 35.5 Å². The fourth-order valence-corrected chi connectivity index (χ4v) is 1.40. The lowest BCUT2D eigenvalue weighted by Crippen LogP contribution is -2.80. The molecule has 0 bridgehead atoms. The van der Waals surface area contributed by atoms with E-state index < -0.39 is 5.54 Å². The molecule has 5 nitrogen and oxygen atoms in total. The fourth-order valence-electron chi connectivity index (χ4n) is 1.40. The quantitative estimate of drug-likeness (QED) is 0.664. The standard InChI is InChI=1S/C10H14N2O3/c11-10(5-13)6-14-9(15-7-10)8-1-3-12-4-2-8/h1-4,9,13H,5-7,11H2/p+1. The number of nitrogens with zero attached hydrogens (tertiary/aromatic N) is 1. The molecule has 0 aromatic carbocycles. The van der Waals surface area contributed by atoms with Crippen LogP contribution in [0.2, 0.25) is 0 Å². The first-order chi connectivity index (χ1) is 7.23. The Morgan fingerprint density at radius 1 is 1.40 bits per heavy atom. The van der Waals surface area contributed by atoms with Crippen LogP contribution in [0.15, 0.2) is 24.5 Å². The number of hydrogen-bond acceptors (Lipinski definition) is 4. The Balaban J connectivity index is 2.00. The van der Waals surface area contributed by atoms with Gasteiger partial charge in [0.05, 0.1) is 0 Å². The Labute approximate surface area is 87.8 Å². The molecule has 15 heavy (non-hydrogen) atoms. The summed E-state index contributed by atoms with van der Waals surface area (Å²) in [6.45, 7) is 0.767. The summed E-state index contributed by atoms with van der Waals surface area (Å²) in [5.74, 6) is 0. The van der Waals surface area contributed by atoms with Crippen molar-refractivity contribution in [3.63, 3.8) is 0 Å². The zero-order valence-corrected chi connectivity index (χ0v) is 8.43. The molecule has 5 heteroatoms. The Kier molecular flexibility index (Phi) is 2.97. The first-order valence-electron chi connectivity index (χ1n) is 4.83. The van der Waals surface area contributed by atoms with E-state index in [0.29, 0.717) is 13.2 Å². The van der Waals surface area contributed by atoms with E-state index in [2.05, 4.69) is 10.7 Å². The second-order valence-corrected chi connectivity index (χ2v) is 3.89. The Hall–Kier alpha value is -1.01. The second-order valence-electron chi connectivity index (χ2n) is 3.89. The predicted molar refractivity (Wildman–Crippen MR) is 51.6 cm³/mol. The summed E-state index contributed by atoms with van der Waals surface area (Å²) < 4.78 is 11.0. The van der Waals surface area contributed by atoms with Gasteiger partial charge in [0.2, 0.25) is 0 Å². The first-order valence-corrected chi connectivity index (χ1v) is 4.83. The molecule has 0 radical (unpaired) electrons. The second kappa shape index (κ2) is 4.24. The van der Waals surface area contributed by atoms with E-state index in [4.69, 9.17) is 14.6 Å². The van der Waals surface area contributed by atoms with Crippen LogP contribution in [-0.2, 0) is 9.47 Å². The van der Waals surface area contributed by atoms with Gasteiger partial charge in [-0.2, -0.15) is 0 Å². The molecular weight excluding hydrogens is 196 g/mol. The molecule has 0 saturated carbocycles. The van der Waals surface area contributed by atoms with Gasteiger partial charge in [-0.05, 0) is 12.1 Å². The van der Waals surface area contributed by atoms with E-state index in [-0.39, 0.29) is 12.9 Å². The predicted octanol–water partition coefficient (Wildman–Crippen LogP) is -0.900.